The number of halogens is 1. The molecule has 2 aromatic heterocycles. The molecular formula is C9H7FS2. The molecule has 0 saturated heterocycles. The molecule has 0 N–H and O–H groups in total. The lowest BCUT2D eigenvalue weighted by atomic mass is 10.3. The lowest BCUT2D eigenvalue weighted by Crippen LogP contribution is -1.67. The second-order valence-electron chi connectivity index (χ2n) is 2.51. The third-order valence-electron chi connectivity index (χ3n) is 1.58. The minimum absolute atomic E-state index is 0.109. The Morgan fingerprint density at radius 2 is 2.08 bits per heavy atom. The summed E-state index contributed by atoms with van der Waals surface area (Å²) < 4.78 is 13.1. The molecule has 0 unspecified atom stereocenters. The van der Waals surface area contributed by atoms with Crippen molar-refractivity contribution in [3.05, 3.63) is 34.3 Å². The van der Waals surface area contributed by atoms with Crippen LogP contribution in [0.3, 0.4) is 0 Å². The Balaban J connectivity index is 2.50. The molecule has 0 saturated carbocycles. The van der Waals surface area contributed by atoms with Gasteiger partial charge in [0, 0.05) is 9.75 Å². The van der Waals surface area contributed by atoms with Gasteiger partial charge in [0.15, 0.2) is 0 Å². The minimum Gasteiger partial charge on any atom is -0.205 e. The standard InChI is InChI=1S/C9H7FS2/c1-6-2-3-8(12-6)9-7(10)4-5-11-9/h2-5H,1H3. The van der Waals surface area contributed by atoms with Crippen molar-refractivity contribution < 1.29 is 4.39 Å². The van der Waals surface area contributed by atoms with Gasteiger partial charge in [0.25, 0.3) is 0 Å². The highest BCUT2D eigenvalue weighted by Crippen LogP contribution is 2.33. The van der Waals surface area contributed by atoms with E-state index in [2.05, 4.69) is 0 Å². The van der Waals surface area contributed by atoms with Crippen LogP contribution in [0.1, 0.15) is 4.88 Å². The van der Waals surface area contributed by atoms with E-state index in [1.54, 1.807) is 16.7 Å². The van der Waals surface area contributed by atoms with Gasteiger partial charge in [0.1, 0.15) is 5.82 Å². The fourth-order valence-corrected chi connectivity index (χ4v) is 2.79. The van der Waals surface area contributed by atoms with E-state index in [0.29, 0.717) is 0 Å². The summed E-state index contributed by atoms with van der Waals surface area (Å²) in [5.41, 5.74) is 0. The van der Waals surface area contributed by atoms with Crippen LogP contribution in [0.25, 0.3) is 9.75 Å². The van der Waals surface area contributed by atoms with E-state index in [9.17, 15) is 4.39 Å². The van der Waals surface area contributed by atoms with E-state index in [0.717, 1.165) is 9.75 Å². The lowest BCUT2D eigenvalue weighted by Gasteiger charge is -1.89. The van der Waals surface area contributed by atoms with Crippen molar-refractivity contribution in [2.24, 2.45) is 0 Å². The van der Waals surface area contributed by atoms with E-state index in [1.165, 1.54) is 22.3 Å². The Labute approximate surface area is 78.3 Å². The molecule has 2 aromatic rings. The lowest BCUT2D eigenvalue weighted by molar-refractivity contribution is 0.636. The predicted octanol–water partition coefficient (Wildman–Crippen LogP) is 3.92. The van der Waals surface area contributed by atoms with Crippen LogP contribution in [0.4, 0.5) is 4.39 Å². The first kappa shape index (κ1) is 7.95. The van der Waals surface area contributed by atoms with Crippen LogP contribution in [0, 0.1) is 12.7 Å². The minimum atomic E-state index is -0.109. The summed E-state index contributed by atoms with van der Waals surface area (Å²) in [7, 11) is 0. The quantitative estimate of drug-likeness (QED) is 0.651. The molecule has 3 heteroatoms. The maximum Gasteiger partial charge on any atom is 0.142 e. The van der Waals surface area contributed by atoms with Crippen molar-refractivity contribution in [1.82, 2.24) is 0 Å². The zero-order valence-corrected chi connectivity index (χ0v) is 8.14. The van der Waals surface area contributed by atoms with Gasteiger partial charge in [-0.2, -0.15) is 0 Å². The van der Waals surface area contributed by atoms with Gasteiger partial charge in [-0.15, -0.1) is 22.7 Å². The number of rotatable bonds is 1. The summed E-state index contributed by atoms with van der Waals surface area (Å²) in [6, 6.07) is 5.49. The molecule has 0 amide bonds. The van der Waals surface area contributed by atoms with Gasteiger partial charge in [-0.3, -0.25) is 0 Å². The van der Waals surface area contributed by atoms with Crippen molar-refractivity contribution in [3.8, 4) is 9.75 Å². The smallest absolute Gasteiger partial charge is 0.142 e. The molecule has 0 nitrogen and oxygen atoms in total. The van der Waals surface area contributed by atoms with Gasteiger partial charge in [0.05, 0.1) is 4.88 Å². The van der Waals surface area contributed by atoms with Crippen LogP contribution < -0.4 is 0 Å². The van der Waals surface area contributed by atoms with Crippen molar-refractivity contribution in [1.29, 1.82) is 0 Å². The zero-order valence-electron chi connectivity index (χ0n) is 6.50. The summed E-state index contributed by atoms with van der Waals surface area (Å²) >= 11 is 3.08. The van der Waals surface area contributed by atoms with Gasteiger partial charge in [-0.1, -0.05) is 0 Å². The fraction of sp³-hybridized carbons (Fsp3) is 0.111. The summed E-state index contributed by atoms with van der Waals surface area (Å²) in [5, 5.41) is 1.78. The Hall–Kier alpha value is -0.670. The van der Waals surface area contributed by atoms with Gasteiger partial charge >= 0.3 is 0 Å². The van der Waals surface area contributed by atoms with E-state index < -0.39 is 0 Å². The first-order valence-electron chi connectivity index (χ1n) is 3.57. The first-order chi connectivity index (χ1) is 5.77. The molecule has 0 aliphatic carbocycles. The summed E-state index contributed by atoms with van der Waals surface area (Å²) in [5.74, 6) is -0.109. The summed E-state index contributed by atoms with van der Waals surface area (Å²) in [6.07, 6.45) is 0. The Kier molecular flexibility index (Phi) is 1.98. The highest BCUT2D eigenvalue weighted by Gasteiger charge is 2.07. The number of aryl methyl sites for hydroxylation is 1. The molecule has 2 heterocycles. The van der Waals surface area contributed by atoms with Crippen LogP contribution in [0.5, 0.6) is 0 Å². The number of hydrogen-bond acceptors (Lipinski definition) is 2. The van der Waals surface area contributed by atoms with Crippen LogP contribution in [-0.2, 0) is 0 Å². The second kappa shape index (κ2) is 2.99. The molecule has 0 atom stereocenters. The van der Waals surface area contributed by atoms with Crippen LogP contribution >= 0.6 is 22.7 Å². The topological polar surface area (TPSA) is 0 Å². The van der Waals surface area contributed by atoms with Gasteiger partial charge in [-0.25, -0.2) is 4.39 Å². The SMILES string of the molecule is Cc1ccc(-c2sccc2F)s1. The van der Waals surface area contributed by atoms with Gasteiger partial charge < -0.3 is 0 Å². The Morgan fingerprint density at radius 3 is 2.58 bits per heavy atom. The molecule has 2 rings (SSSR count). The highest BCUT2D eigenvalue weighted by atomic mass is 32.1. The molecular weight excluding hydrogens is 191 g/mol. The van der Waals surface area contributed by atoms with Gasteiger partial charge in [0.2, 0.25) is 0 Å². The predicted molar refractivity (Wildman–Crippen MR) is 52.3 cm³/mol. The largest absolute Gasteiger partial charge is 0.205 e. The van der Waals surface area contributed by atoms with Crippen LogP contribution in [-0.4, -0.2) is 0 Å². The van der Waals surface area contributed by atoms with Crippen LogP contribution in [0.2, 0.25) is 0 Å². The second-order valence-corrected chi connectivity index (χ2v) is 4.71. The fourth-order valence-electron chi connectivity index (χ4n) is 1.03. The summed E-state index contributed by atoms with van der Waals surface area (Å²) in [4.78, 5) is 3.01. The monoisotopic (exact) mass is 198 g/mol. The zero-order chi connectivity index (χ0) is 8.55. The van der Waals surface area contributed by atoms with Gasteiger partial charge in [-0.05, 0) is 30.5 Å². The van der Waals surface area contributed by atoms with E-state index in [-0.39, 0.29) is 5.82 Å². The number of thiophene rings is 2. The Bertz CT molecular complexity index is 387. The average molecular weight is 198 g/mol. The Morgan fingerprint density at radius 1 is 1.25 bits per heavy atom. The molecule has 0 fully saturated rings. The molecule has 0 aliphatic rings. The molecule has 62 valence electrons. The molecule has 0 bridgehead atoms. The molecule has 0 aromatic carbocycles. The number of hydrogen-bond donors (Lipinski definition) is 0. The maximum absolute atomic E-state index is 13.1. The molecule has 0 spiro atoms. The molecule has 0 aliphatic heterocycles. The van der Waals surface area contributed by atoms with E-state index in [1.807, 2.05) is 19.1 Å². The normalized spacial score (nSPS) is 10.5. The van der Waals surface area contributed by atoms with Crippen molar-refractivity contribution in [2.45, 2.75) is 6.92 Å². The van der Waals surface area contributed by atoms with Crippen molar-refractivity contribution >= 4 is 22.7 Å². The average Bonchev–Trinajstić information content (AvgIpc) is 2.58. The summed E-state index contributed by atoms with van der Waals surface area (Å²) in [6.45, 7) is 2.03. The van der Waals surface area contributed by atoms with Crippen LogP contribution in [0.15, 0.2) is 23.6 Å². The maximum atomic E-state index is 13.1. The molecule has 12 heavy (non-hydrogen) atoms. The molecule has 0 radical (unpaired) electrons. The van der Waals surface area contributed by atoms with E-state index >= 15 is 0 Å². The highest BCUT2D eigenvalue weighted by molar-refractivity contribution is 7.21. The third-order valence-corrected chi connectivity index (χ3v) is 3.65. The third kappa shape index (κ3) is 1.30. The van der Waals surface area contributed by atoms with Crippen molar-refractivity contribution in [3.63, 3.8) is 0 Å². The van der Waals surface area contributed by atoms with E-state index in [4.69, 9.17) is 0 Å². The first-order valence-corrected chi connectivity index (χ1v) is 5.27. The van der Waals surface area contributed by atoms with Crippen molar-refractivity contribution in [2.75, 3.05) is 0 Å².